The number of esters is 1. The minimum Gasteiger partial charge on any atom is -0.497 e. The Balaban J connectivity index is 1.71. The number of aliphatic carboxylic acids is 1. The number of carboxylic acid groups (broad SMARTS) is 1. The molecule has 3 atom stereocenters. The van der Waals surface area contributed by atoms with Crippen LogP contribution in [0.2, 0.25) is 0 Å². The van der Waals surface area contributed by atoms with Gasteiger partial charge in [0.25, 0.3) is 5.79 Å². The van der Waals surface area contributed by atoms with Crippen LogP contribution in [0.4, 0.5) is 0 Å². The Hall–Kier alpha value is -3.10. The largest absolute Gasteiger partial charge is 0.497 e. The predicted molar refractivity (Wildman–Crippen MR) is 151 cm³/mol. The summed E-state index contributed by atoms with van der Waals surface area (Å²) >= 11 is 0. The van der Waals surface area contributed by atoms with Crippen LogP contribution in [0.1, 0.15) is 77.5 Å². The number of hydrogen-bond donors (Lipinski definition) is 1. The molecule has 0 saturated carbocycles. The van der Waals surface area contributed by atoms with Crippen molar-refractivity contribution in [1.82, 2.24) is 0 Å². The predicted octanol–water partition coefficient (Wildman–Crippen LogP) is 6.56. The van der Waals surface area contributed by atoms with E-state index in [1.807, 2.05) is 55.5 Å². The molecule has 0 bridgehead atoms. The normalized spacial score (nSPS) is 21.0. The SMILES string of the molecule is COc1ccc([C@@H]2OC(C(=O)OCc3ccc(OCCCCC(=O)O)cc3)([C@@H](C)CC(C)C)OCC2(C)C)cc1. The average Bonchev–Trinajstić information content (AvgIpc) is 2.91. The lowest BCUT2D eigenvalue weighted by Crippen LogP contribution is -2.58. The molecule has 1 heterocycles. The fourth-order valence-electron chi connectivity index (χ4n) is 4.96. The summed E-state index contributed by atoms with van der Waals surface area (Å²) in [6.45, 7) is 11.2. The zero-order chi connectivity index (χ0) is 29.3. The number of methoxy groups -OCH3 is 1. The number of carbonyl (C=O) groups is 2. The summed E-state index contributed by atoms with van der Waals surface area (Å²) in [6, 6.07) is 15.0. The first-order chi connectivity index (χ1) is 19.0. The first kappa shape index (κ1) is 31.4. The third-order valence-corrected chi connectivity index (χ3v) is 7.19. The first-order valence-electron chi connectivity index (χ1n) is 14.0. The van der Waals surface area contributed by atoms with Gasteiger partial charge in [-0.1, -0.05) is 58.9 Å². The smallest absolute Gasteiger partial charge is 0.367 e. The van der Waals surface area contributed by atoms with Crippen LogP contribution in [0.25, 0.3) is 0 Å². The van der Waals surface area contributed by atoms with E-state index >= 15 is 0 Å². The van der Waals surface area contributed by atoms with Crippen molar-refractivity contribution in [3.05, 3.63) is 59.7 Å². The molecule has 0 spiro atoms. The number of hydrogen-bond acceptors (Lipinski definition) is 7. The van der Waals surface area contributed by atoms with Gasteiger partial charge in [0.05, 0.1) is 26.4 Å². The van der Waals surface area contributed by atoms with Gasteiger partial charge in [0.15, 0.2) is 0 Å². The van der Waals surface area contributed by atoms with Crippen molar-refractivity contribution in [3.63, 3.8) is 0 Å². The van der Waals surface area contributed by atoms with E-state index in [0.717, 1.165) is 23.3 Å². The molecule has 1 unspecified atom stereocenters. The third kappa shape index (κ3) is 8.21. The molecule has 0 aliphatic carbocycles. The van der Waals surface area contributed by atoms with Crippen molar-refractivity contribution in [2.75, 3.05) is 20.3 Å². The number of carboxylic acids is 1. The maximum Gasteiger partial charge on any atom is 0.367 e. The van der Waals surface area contributed by atoms with Crippen molar-refractivity contribution in [2.24, 2.45) is 17.3 Å². The van der Waals surface area contributed by atoms with E-state index < -0.39 is 17.7 Å². The van der Waals surface area contributed by atoms with Crippen LogP contribution < -0.4 is 9.47 Å². The quantitative estimate of drug-likeness (QED) is 0.206. The van der Waals surface area contributed by atoms with Crippen LogP contribution in [-0.4, -0.2) is 43.2 Å². The van der Waals surface area contributed by atoms with Gasteiger partial charge in [-0.05, 0) is 60.6 Å². The van der Waals surface area contributed by atoms with Crippen molar-refractivity contribution in [2.45, 2.75) is 78.8 Å². The monoisotopic (exact) mass is 556 g/mol. The second-order valence-corrected chi connectivity index (χ2v) is 11.7. The van der Waals surface area contributed by atoms with Crippen molar-refractivity contribution in [3.8, 4) is 11.5 Å². The summed E-state index contributed by atoms with van der Waals surface area (Å²) in [4.78, 5) is 24.4. The lowest BCUT2D eigenvalue weighted by Gasteiger charge is -2.49. The van der Waals surface area contributed by atoms with Crippen LogP contribution in [0.15, 0.2) is 48.5 Å². The van der Waals surface area contributed by atoms with E-state index in [9.17, 15) is 9.59 Å². The summed E-state index contributed by atoms with van der Waals surface area (Å²) in [6.07, 6.45) is 1.71. The van der Waals surface area contributed by atoms with E-state index in [-0.39, 0.29) is 30.5 Å². The van der Waals surface area contributed by atoms with Gasteiger partial charge in [0.2, 0.25) is 0 Å². The molecule has 3 rings (SSSR count). The minimum absolute atomic E-state index is 0.0667. The van der Waals surface area contributed by atoms with Gasteiger partial charge < -0.3 is 28.8 Å². The molecule has 0 radical (unpaired) electrons. The maximum atomic E-state index is 13.8. The van der Waals surface area contributed by atoms with E-state index in [4.69, 9.17) is 28.8 Å². The van der Waals surface area contributed by atoms with Gasteiger partial charge in [-0.2, -0.15) is 0 Å². The molecule has 1 N–H and O–H groups in total. The molecule has 2 aromatic carbocycles. The molecule has 1 fully saturated rings. The number of ether oxygens (including phenoxy) is 5. The van der Waals surface area contributed by atoms with Gasteiger partial charge >= 0.3 is 11.9 Å². The molecule has 8 nitrogen and oxygen atoms in total. The Morgan fingerprint density at radius 3 is 2.25 bits per heavy atom. The summed E-state index contributed by atoms with van der Waals surface area (Å²) in [5.74, 6) is -1.36. The van der Waals surface area contributed by atoms with E-state index in [1.54, 1.807) is 7.11 Å². The van der Waals surface area contributed by atoms with Crippen LogP contribution in [-0.2, 0) is 30.4 Å². The van der Waals surface area contributed by atoms with E-state index in [1.165, 1.54) is 0 Å². The van der Waals surface area contributed by atoms with Crippen molar-refractivity contribution >= 4 is 11.9 Å². The molecule has 1 aliphatic rings. The van der Waals surface area contributed by atoms with Crippen molar-refractivity contribution in [1.29, 1.82) is 0 Å². The first-order valence-corrected chi connectivity index (χ1v) is 14.0. The minimum atomic E-state index is -1.54. The number of rotatable bonds is 14. The third-order valence-electron chi connectivity index (χ3n) is 7.19. The Morgan fingerprint density at radius 1 is 1.00 bits per heavy atom. The summed E-state index contributed by atoms with van der Waals surface area (Å²) in [5, 5.41) is 8.73. The van der Waals surface area contributed by atoms with Crippen LogP contribution in [0, 0.1) is 17.3 Å². The molecule has 0 amide bonds. The fraction of sp³-hybridized carbons (Fsp3) is 0.562. The highest BCUT2D eigenvalue weighted by atomic mass is 16.7. The Bertz CT molecular complexity index is 1090. The molecule has 1 aliphatic heterocycles. The highest BCUT2D eigenvalue weighted by Crippen LogP contribution is 2.48. The van der Waals surface area contributed by atoms with Gasteiger partial charge in [0.1, 0.15) is 18.1 Å². The Morgan fingerprint density at radius 2 is 1.65 bits per heavy atom. The topological polar surface area (TPSA) is 101 Å². The molecule has 2 aromatic rings. The lowest BCUT2D eigenvalue weighted by atomic mass is 9.80. The summed E-state index contributed by atoms with van der Waals surface area (Å²) in [7, 11) is 1.63. The van der Waals surface area contributed by atoms with Gasteiger partial charge in [-0.3, -0.25) is 4.79 Å². The standard InChI is InChI=1S/C32H44O8/c1-22(2)19-23(3)32(39-21-31(4,5)29(40-32)25-12-16-26(36-6)17-13-25)30(35)38-20-24-10-14-27(15-11-24)37-18-8-7-9-28(33)34/h10-17,22-23,29H,7-9,18-21H2,1-6H3,(H,33,34)/t23-,29-,32?/m0/s1. The van der Waals surface area contributed by atoms with Gasteiger partial charge in [-0.15, -0.1) is 0 Å². The van der Waals surface area contributed by atoms with Crippen LogP contribution >= 0.6 is 0 Å². The van der Waals surface area contributed by atoms with Crippen LogP contribution in [0.5, 0.6) is 11.5 Å². The molecular weight excluding hydrogens is 512 g/mol. The van der Waals surface area contributed by atoms with Gasteiger partial charge in [0, 0.05) is 17.8 Å². The number of unbranched alkanes of at least 4 members (excludes halogenated alkanes) is 1. The lowest BCUT2D eigenvalue weighted by molar-refractivity contribution is -0.342. The van der Waals surface area contributed by atoms with Crippen LogP contribution in [0.3, 0.4) is 0 Å². The molecule has 1 saturated heterocycles. The van der Waals surface area contributed by atoms with E-state index in [2.05, 4.69) is 27.7 Å². The maximum absolute atomic E-state index is 13.8. The molecule has 0 aromatic heterocycles. The molecule has 8 heteroatoms. The summed E-state index contributed by atoms with van der Waals surface area (Å²) < 4.78 is 29.8. The fourth-order valence-corrected chi connectivity index (χ4v) is 4.96. The van der Waals surface area contributed by atoms with Crippen molar-refractivity contribution < 1.29 is 38.4 Å². The average molecular weight is 557 g/mol. The second-order valence-electron chi connectivity index (χ2n) is 11.7. The summed E-state index contributed by atoms with van der Waals surface area (Å²) in [5.41, 5.74) is 1.38. The highest BCUT2D eigenvalue weighted by molar-refractivity contribution is 5.78. The second kappa shape index (κ2) is 14.0. The molecule has 220 valence electrons. The zero-order valence-electron chi connectivity index (χ0n) is 24.6. The highest BCUT2D eigenvalue weighted by Gasteiger charge is 2.56. The molecule has 40 heavy (non-hydrogen) atoms. The zero-order valence-corrected chi connectivity index (χ0v) is 24.6. The Kier molecular flexibility index (Phi) is 11.0. The van der Waals surface area contributed by atoms with Gasteiger partial charge in [-0.25, -0.2) is 4.79 Å². The van der Waals surface area contributed by atoms with E-state index in [0.29, 0.717) is 37.7 Å². The number of carbonyl (C=O) groups excluding carboxylic acids is 1. The Labute approximate surface area is 237 Å². The number of benzene rings is 2. The molecular formula is C32H44O8.